The maximum Gasteiger partial charge on any atom is 0.255 e. The summed E-state index contributed by atoms with van der Waals surface area (Å²) in [5, 5.41) is 12.6. The van der Waals surface area contributed by atoms with Gasteiger partial charge in [-0.3, -0.25) is 4.79 Å². The summed E-state index contributed by atoms with van der Waals surface area (Å²) in [4.78, 5) is 14.7. The average molecular weight is 357 g/mol. The Hall–Kier alpha value is -2.73. The molecular weight excluding hydrogens is 330 g/mol. The Kier molecular flexibility index (Phi) is 6.46. The van der Waals surface area contributed by atoms with Crippen molar-refractivity contribution < 1.29 is 14.6 Å². The summed E-state index contributed by atoms with van der Waals surface area (Å²) in [7, 11) is 1.48. The minimum Gasteiger partial charge on any atom is -0.509 e. The van der Waals surface area contributed by atoms with Gasteiger partial charge >= 0.3 is 0 Å². The summed E-state index contributed by atoms with van der Waals surface area (Å²) in [6.45, 7) is 8.83. The van der Waals surface area contributed by atoms with Gasteiger partial charge in [0.15, 0.2) is 5.76 Å². The number of anilines is 1. The molecule has 4 N–H and O–H groups in total. The topological polar surface area (TPSA) is 87.8 Å². The number of hydrogen-bond donors (Lipinski definition) is 3. The zero-order chi connectivity index (χ0) is 19.3. The first-order chi connectivity index (χ1) is 12.4. The van der Waals surface area contributed by atoms with Crippen LogP contribution in [-0.4, -0.2) is 30.8 Å². The van der Waals surface area contributed by atoms with Crippen molar-refractivity contribution in [2.45, 2.75) is 33.0 Å². The number of ether oxygens (including phenoxy) is 1. The first-order valence-corrected chi connectivity index (χ1v) is 8.64. The first-order valence-electron chi connectivity index (χ1n) is 8.64. The van der Waals surface area contributed by atoms with Crippen LogP contribution in [0.1, 0.15) is 36.2 Å². The Bertz CT molecular complexity index is 749. The van der Waals surface area contributed by atoms with Crippen molar-refractivity contribution in [3.05, 3.63) is 65.1 Å². The monoisotopic (exact) mass is 357 g/mol. The van der Waals surface area contributed by atoms with Gasteiger partial charge in [-0.1, -0.05) is 31.7 Å². The third kappa shape index (κ3) is 3.91. The number of fused-ring (bicyclic) bond motifs is 1. The molecule has 1 atom stereocenters. The molecule has 6 heteroatoms. The lowest BCUT2D eigenvalue weighted by molar-refractivity contribution is 0.0934. The molecule has 1 heterocycles. The van der Waals surface area contributed by atoms with E-state index in [0.29, 0.717) is 23.4 Å². The number of rotatable bonds is 7. The number of nitrogens with zero attached hydrogens (tertiary/aromatic N) is 1. The van der Waals surface area contributed by atoms with Crippen molar-refractivity contribution in [1.29, 1.82) is 0 Å². The zero-order valence-electron chi connectivity index (χ0n) is 15.6. The molecule has 1 aromatic rings. The summed E-state index contributed by atoms with van der Waals surface area (Å²) in [6.07, 6.45) is 3.89. The second kappa shape index (κ2) is 8.58. The number of nitrogens with two attached hydrogens (primary N) is 1. The summed E-state index contributed by atoms with van der Waals surface area (Å²) >= 11 is 0. The molecule has 0 unspecified atom stereocenters. The zero-order valence-corrected chi connectivity index (χ0v) is 15.6. The molecule has 0 radical (unpaired) electrons. The normalized spacial score (nSPS) is 17.6. The molecule has 0 aromatic heterocycles. The maximum atomic E-state index is 12.6. The van der Waals surface area contributed by atoms with Gasteiger partial charge in [-0.05, 0) is 36.6 Å². The van der Waals surface area contributed by atoms with Gasteiger partial charge in [0.1, 0.15) is 11.9 Å². The number of amides is 1. The summed E-state index contributed by atoms with van der Waals surface area (Å²) in [5.74, 6) is 0.270. The van der Waals surface area contributed by atoms with Crippen molar-refractivity contribution in [1.82, 2.24) is 5.32 Å². The van der Waals surface area contributed by atoms with Crippen LogP contribution in [0.3, 0.4) is 0 Å². The molecule has 1 aliphatic heterocycles. The summed E-state index contributed by atoms with van der Waals surface area (Å²) < 4.78 is 5.12. The minimum absolute atomic E-state index is 0.0745. The molecule has 1 aromatic carbocycles. The van der Waals surface area contributed by atoms with E-state index in [2.05, 4.69) is 23.7 Å². The SMILES string of the molecule is C=C(/C=C\C(OC)=C(/C)O)[C@H]1NC(=O)c2cccc(CN)c2N1CCC. The predicted molar refractivity (Wildman–Crippen MR) is 104 cm³/mol. The van der Waals surface area contributed by atoms with Crippen LogP contribution in [-0.2, 0) is 11.3 Å². The van der Waals surface area contributed by atoms with E-state index in [4.69, 9.17) is 10.5 Å². The molecule has 0 saturated carbocycles. The highest BCUT2D eigenvalue weighted by Gasteiger charge is 2.32. The van der Waals surface area contributed by atoms with E-state index in [-0.39, 0.29) is 11.7 Å². The molecule has 0 aliphatic carbocycles. The molecule has 6 nitrogen and oxygen atoms in total. The summed E-state index contributed by atoms with van der Waals surface area (Å²) in [6, 6.07) is 5.60. The van der Waals surface area contributed by atoms with Gasteiger partial charge in [0.05, 0.1) is 18.4 Å². The Labute approximate surface area is 154 Å². The number of nitrogens with one attached hydrogen (secondary N) is 1. The van der Waals surface area contributed by atoms with Gasteiger partial charge in [0.2, 0.25) is 0 Å². The fraction of sp³-hybridized carbons (Fsp3) is 0.350. The van der Waals surface area contributed by atoms with Gasteiger partial charge in [0, 0.05) is 13.1 Å². The van der Waals surface area contributed by atoms with Gasteiger partial charge in [-0.2, -0.15) is 0 Å². The van der Waals surface area contributed by atoms with Crippen molar-refractivity contribution in [3.8, 4) is 0 Å². The maximum absolute atomic E-state index is 12.6. The van der Waals surface area contributed by atoms with Crippen LogP contribution >= 0.6 is 0 Å². The van der Waals surface area contributed by atoms with Crippen molar-refractivity contribution in [2.24, 2.45) is 5.73 Å². The van der Waals surface area contributed by atoms with Gasteiger partial charge in [-0.25, -0.2) is 0 Å². The number of para-hydroxylation sites is 1. The third-order valence-electron chi connectivity index (χ3n) is 4.29. The first kappa shape index (κ1) is 19.6. The fourth-order valence-corrected chi connectivity index (χ4v) is 3.07. The number of carbonyl (C=O) groups excluding carboxylic acids is 1. The molecule has 26 heavy (non-hydrogen) atoms. The summed E-state index contributed by atoms with van der Waals surface area (Å²) in [5.41, 5.74) is 9.00. The number of carbonyl (C=O) groups is 1. The highest BCUT2D eigenvalue weighted by Crippen LogP contribution is 2.32. The van der Waals surface area contributed by atoms with Crippen molar-refractivity contribution in [2.75, 3.05) is 18.6 Å². The van der Waals surface area contributed by atoms with Crippen LogP contribution < -0.4 is 16.0 Å². The molecule has 140 valence electrons. The lowest BCUT2D eigenvalue weighted by atomic mass is 9.99. The van der Waals surface area contributed by atoms with Gasteiger partial charge < -0.3 is 25.8 Å². The third-order valence-corrected chi connectivity index (χ3v) is 4.29. The van der Waals surface area contributed by atoms with Gasteiger partial charge in [-0.15, -0.1) is 0 Å². The van der Waals surface area contributed by atoms with Crippen LogP contribution in [0.25, 0.3) is 0 Å². The molecule has 2 rings (SSSR count). The molecular formula is C20H27N3O3. The van der Waals surface area contributed by atoms with Crippen LogP contribution in [0.5, 0.6) is 0 Å². The van der Waals surface area contributed by atoms with E-state index < -0.39 is 6.17 Å². The quantitative estimate of drug-likeness (QED) is 0.516. The lowest BCUT2D eigenvalue weighted by Gasteiger charge is -2.40. The van der Waals surface area contributed by atoms with E-state index in [1.54, 1.807) is 19.1 Å². The smallest absolute Gasteiger partial charge is 0.255 e. The number of methoxy groups -OCH3 is 1. The number of allylic oxidation sites excluding steroid dienone is 2. The largest absolute Gasteiger partial charge is 0.509 e. The number of aliphatic hydroxyl groups excluding tert-OH is 1. The van der Waals surface area contributed by atoms with Crippen LogP contribution in [0, 0.1) is 0 Å². The van der Waals surface area contributed by atoms with Gasteiger partial charge in [0.25, 0.3) is 5.91 Å². The Morgan fingerprint density at radius 3 is 2.77 bits per heavy atom. The molecule has 0 saturated heterocycles. The van der Waals surface area contributed by atoms with E-state index in [9.17, 15) is 9.90 Å². The highest BCUT2D eigenvalue weighted by atomic mass is 16.5. The van der Waals surface area contributed by atoms with Crippen molar-refractivity contribution in [3.63, 3.8) is 0 Å². The Morgan fingerprint density at radius 2 is 2.19 bits per heavy atom. The lowest BCUT2D eigenvalue weighted by Crippen LogP contribution is -2.54. The number of benzene rings is 1. The molecule has 1 amide bonds. The standard InChI is InChI=1S/C20H27N3O3/c1-5-11-23-18-15(12-21)7-6-8-16(18)20(25)22-19(23)13(2)9-10-17(26-4)14(3)24/h6-10,19,24H,2,5,11-12,21H2,1,3-4H3,(H,22,25)/b10-9-,17-14-/t19-/m0/s1. The van der Waals surface area contributed by atoms with E-state index in [1.807, 2.05) is 18.2 Å². The predicted octanol–water partition coefficient (Wildman–Crippen LogP) is 2.98. The molecule has 0 fully saturated rings. The van der Waals surface area contributed by atoms with Crippen LogP contribution in [0.2, 0.25) is 0 Å². The number of hydrogen-bond acceptors (Lipinski definition) is 5. The molecule has 1 aliphatic rings. The Morgan fingerprint density at radius 1 is 1.46 bits per heavy atom. The fourth-order valence-electron chi connectivity index (χ4n) is 3.07. The van der Waals surface area contributed by atoms with Crippen molar-refractivity contribution >= 4 is 11.6 Å². The second-order valence-electron chi connectivity index (χ2n) is 6.15. The Balaban J connectivity index is 2.42. The highest BCUT2D eigenvalue weighted by molar-refractivity contribution is 6.03. The van der Waals surface area contributed by atoms with E-state index in [1.165, 1.54) is 7.11 Å². The second-order valence-corrected chi connectivity index (χ2v) is 6.15. The van der Waals surface area contributed by atoms with Crippen LogP contribution in [0.15, 0.2) is 54.0 Å². The number of aliphatic hydroxyl groups is 1. The van der Waals surface area contributed by atoms with E-state index in [0.717, 1.165) is 24.2 Å². The molecule has 0 bridgehead atoms. The van der Waals surface area contributed by atoms with E-state index >= 15 is 0 Å². The minimum atomic E-state index is -0.393. The molecule has 0 spiro atoms. The average Bonchev–Trinajstić information content (AvgIpc) is 2.63. The van der Waals surface area contributed by atoms with Crippen LogP contribution in [0.4, 0.5) is 5.69 Å².